The number of likely N-dealkylation sites (tertiary alicyclic amines) is 1. The van der Waals surface area contributed by atoms with Crippen LogP contribution in [0.1, 0.15) is 24.0 Å². The molecule has 0 unspecified atom stereocenters. The van der Waals surface area contributed by atoms with E-state index in [1.54, 1.807) is 18.5 Å². The van der Waals surface area contributed by atoms with Gasteiger partial charge in [-0.05, 0) is 61.3 Å². The smallest absolute Gasteiger partial charge is 0.248 e. The van der Waals surface area contributed by atoms with E-state index < -0.39 is 0 Å². The second-order valence-corrected chi connectivity index (χ2v) is 5.79. The number of benzene rings is 1. The Bertz CT molecular complexity index is 676. The largest absolute Gasteiger partial charge is 0.323 e. The normalized spacial score (nSPS) is 15.1. The molecule has 0 saturated carbocycles. The zero-order valence-electron chi connectivity index (χ0n) is 13.1. The van der Waals surface area contributed by atoms with Crippen molar-refractivity contribution in [2.24, 2.45) is 0 Å². The van der Waals surface area contributed by atoms with Gasteiger partial charge in [-0.2, -0.15) is 0 Å². The van der Waals surface area contributed by atoms with Gasteiger partial charge in [0.15, 0.2) is 0 Å². The number of aromatic nitrogens is 1. The summed E-state index contributed by atoms with van der Waals surface area (Å²) in [4.78, 5) is 18.5. The SMILES string of the molecule is O=C(/C=C/c1cccnc1)Nc1cccc(CN2CCCC2)c1. The Labute approximate surface area is 136 Å². The molecule has 4 nitrogen and oxygen atoms in total. The number of hydrogen-bond donors (Lipinski definition) is 1. The summed E-state index contributed by atoms with van der Waals surface area (Å²) in [6.45, 7) is 3.30. The molecule has 2 aromatic rings. The first kappa shape index (κ1) is 15.4. The Hall–Kier alpha value is -2.46. The van der Waals surface area contributed by atoms with Crippen LogP contribution in [0.5, 0.6) is 0 Å². The standard InChI is InChI=1S/C19H21N3O/c23-19(9-8-16-6-4-10-20-14-16)21-18-7-3-5-17(13-18)15-22-11-1-2-12-22/h3-10,13-14H,1-2,11-12,15H2,(H,21,23)/b9-8+. The topological polar surface area (TPSA) is 45.2 Å². The number of amides is 1. The maximum atomic E-state index is 12.0. The van der Waals surface area contributed by atoms with E-state index in [0.717, 1.165) is 17.8 Å². The minimum Gasteiger partial charge on any atom is -0.323 e. The fraction of sp³-hybridized carbons (Fsp3) is 0.263. The van der Waals surface area contributed by atoms with E-state index in [1.807, 2.05) is 30.3 Å². The maximum Gasteiger partial charge on any atom is 0.248 e. The van der Waals surface area contributed by atoms with E-state index in [9.17, 15) is 4.79 Å². The van der Waals surface area contributed by atoms with Gasteiger partial charge >= 0.3 is 0 Å². The highest BCUT2D eigenvalue weighted by Crippen LogP contribution is 2.16. The molecule has 23 heavy (non-hydrogen) atoms. The Balaban J connectivity index is 1.58. The van der Waals surface area contributed by atoms with Crippen molar-refractivity contribution < 1.29 is 4.79 Å². The number of anilines is 1. The summed E-state index contributed by atoms with van der Waals surface area (Å²) >= 11 is 0. The molecule has 1 N–H and O–H groups in total. The van der Waals surface area contributed by atoms with E-state index in [1.165, 1.54) is 37.6 Å². The average molecular weight is 307 g/mol. The van der Waals surface area contributed by atoms with Crippen LogP contribution < -0.4 is 5.32 Å². The molecule has 0 radical (unpaired) electrons. The van der Waals surface area contributed by atoms with Gasteiger partial charge in [0, 0.05) is 30.7 Å². The van der Waals surface area contributed by atoms with Crippen LogP contribution in [0.2, 0.25) is 0 Å². The Morgan fingerprint density at radius 2 is 2.09 bits per heavy atom. The molecule has 2 heterocycles. The van der Waals surface area contributed by atoms with Gasteiger partial charge < -0.3 is 5.32 Å². The van der Waals surface area contributed by atoms with Gasteiger partial charge in [-0.1, -0.05) is 18.2 Å². The summed E-state index contributed by atoms with van der Waals surface area (Å²) in [5.74, 6) is -0.132. The number of carbonyl (C=O) groups is 1. The molecule has 3 rings (SSSR count). The van der Waals surface area contributed by atoms with Gasteiger partial charge in [-0.3, -0.25) is 14.7 Å². The van der Waals surface area contributed by atoms with Crippen molar-refractivity contribution in [3.05, 3.63) is 66.0 Å². The molecule has 1 aliphatic rings. The molecule has 1 aliphatic heterocycles. The first-order valence-electron chi connectivity index (χ1n) is 8.00. The van der Waals surface area contributed by atoms with Crippen LogP contribution in [-0.2, 0) is 11.3 Å². The summed E-state index contributed by atoms with van der Waals surface area (Å²) in [6, 6.07) is 11.8. The molecule has 1 saturated heterocycles. The van der Waals surface area contributed by atoms with Crippen LogP contribution >= 0.6 is 0 Å². The van der Waals surface area contributed by atoms with Gasteiger partial charge in [0.1, 0.15) is 0 Å². The van der Waals surface area contributed by atoms with Crippen LogP contribution in [0.25, 0.3) is 6.08 Å². The van der Waals surface area contributed by atoms with Crippen molar-refractivity contribution in [1.82, 2.24) is 9.88 Å². The predicted molar refractivity (Wildman–Crippen MR) is 92.9 cm³/mol. The third kappa shape index (κ3) is 4.76. The quantitative estimate of drug-likeness (QED) is 0.862. The molecule has 1 fully saturated rings. The zero-order valence-corrected chi connectivity index (χ0v) is 13.1. The van der Waals surface area contributed by atoms with Crippen molar-refractivity contribution in [2.75, 3.05) is 18.4 Å². The molecule has 0 aliphatic carbocycles. The molecule has 118 valence electrons. The molecule has 0 spiro atoms. The Morgan fingerprint density at radius 3 is 2.87 bits per heavy atom. The second kappa shape index (κ2) is 7.70. The van der Waals surface area contributed by atoms with Crippen LogP contribution in [0, 0.1) is 0 Å². The molecule has 0 atom stereocenters. The summed E-state index contributed by atoms with van der Waals surface area (Å²) in [6.07, 6.45) is 9.30. The molecule has 1 amide bonds. The Kier molecular flexibility index (Phi) is 5.17. The van der Waals surface area contributed by atoms with Gasteiger partial charge in [0.25, 0.3) is 0 Å². The molecular weight excluding hydrogens is 286 g/mol. The van der Waals surface area contributed by atoms with E-state index in [0.29, 0.717) is 0 Å². The van der Waals surface area contributed by atoms with Crippen LogP contribution in [0.3, 0.4) is 0 Å². The zero-order chi connectivity index (χ0) is 15.9. The fourth-order valence-corrected chi connectivity index (χ4v) is 2.78. The summed E-state index contributed by atoms with van der Waals surface area (Å²) < 4.78 is 0. The fourth-order valence-electron chi connectivity index (χ4n) is 2.78. The van der Waals surface area contributed by atoms with E-state index in [-0.39, 0.29) is 5.91 Å². The minimum absolute atomic E-state index is 0.132. The van der Waals surface area contributed by atoms with Crippen LogP contribution in [-0.4, -0.2) is 28.9 Å². The molecule has 1 aromatic heterocycles. The van der Waals surface area contributed by atoms with Gasteiger partial charge in [-0.25, -0.2) is 0 Å². The Morgan fingerprint density at radius 1 is 1.22 bits per heavy atom. The highest BCUT2D eigenvalue weighted by Gasteiger charge is 2.11. The first-order valence-corrected chi connectivity index (χ1v) is 8.00. The minimum atomic E-state index is -0.132. The monoisotopic (exact) mass is 307 g/mol. The third-order valence-corrected chi connectivity index (χ3v) is 3.91. The number of rotatable bonds is 5. The van der Waals surface area contributed by atoms with Crippen LogP contribution in [0.15, 0.2) is 54.9 Å². The number of carbonyl (C=O) groups excluding carboxylic acids is 1. The van der Waals surface area contributed by atoms with Crippen molar-refractivity contribution in [2.45, 2.75) is 19.4 Å². The number of hydrogen-bond acceptors (Lipinski definition) is 3. The summed E-state index contributed by atoms with van der Waals surface area (Å²) in [5.41, 5.74) is 2.98. The van der Waals surface area contributed by atoms with E-state index in [4.69, 9.17) is 0 Å². The lowest BCUT2D eigenvalue weighted by atomic mass is 10.2. The predicted octanol–water partition coefficient (Wildman–Crippen LogP) is 3.33. The van der Waals surface area contributed by atoms with Gasteiger partial charge in [-0.15, -0.1) is 0 Å². The first-order chi connectivity index (χ1) is 11.3. The van der Waals surface area contributed by atoms with Crippen molar-refractivity contribution in [1.29, 1.82) is 0 Å². The van der Waals surface area contributed by atoms with E-state index >= 15 is 0 Å². The highest BCUT2D eigenvalue weighted by molar-refractivity contribution is 6.01. The molecular formula is C19H21N3O. The van der Waals surface area contributed by atoms with Crippen molar-refractivity contribution in [3.8, 4) is 0 Å². The summed E-state index contributed by atoms with van der Waals surface area (Å²) in [5, 5.41) is 2.91. The second-order valence-electron chi connectivity index (χ2n) is 5.79. The lowest BCUT2D eigenvalue weighted by molar-refractivity contribution is -0.111. The molecule has 4 heteroatoms. The van der Waals surface area contributed by atoms with Crippen molar-refractivity contribution in [3.63, 3.8) is 0 Å². The number of pyridine rings is 1. The lowest BCUT2D eigenvalue weighted by Gasteiger charge is -2.15. The van der Waals surface area contributed by atoms with Crippen LogP contribution in [0.4, 0.5) is 5.69 Å². The average Bonchev–Trinajstić information content (AvgIpc) is 3.07. The van der Waals surface area contributed by atoms with Gasteiger partial charge in [0.2, 0.25) is 5.91 Å². The highest BCUT2D eigenvalue weighted by atomic mass is 16.1. The number of nitrogens with one attached hydrogen (secondary N) is 1. The molecule has 0 bridgehead atoms. The van der Waals surface area contributed by atoms with Gasteiger partial charge in [0.05, 0.1) is 0 Å². The third-order valence-electron chi connectivity index (χ3n) is 3.91. The maximum absolute atomic E-state index is 12.0. The lowest BCUT2D eigenvalue weighted by Crippen LogP contribution is -2.18. The number of nitrogens with zero attached hydrogens (tertiary/aromatic N) is 2. The van der Waals surface area contributed by atoms with Crippen molar-refractivity contribution >= 4 is 17.7 Å². The van der Waals surface area contributed by atoms with E-state index in [2.05, 4.69) is 21.3 Å². The molecule has 1 aromatic carbocycles. The summed E-state index contributed by atoms with van der Waals surface area (Å²) in [7, 11) is 0.